The highest BCUT2D eigenvalue weighted by Crippen LogP contribution is 2.44. The lowest BCUT2D eigenvalue weighted by molar-refractivity contribution is -0.125. The van der Waals surface area contributed by atoms with E-state index < -0.39 is 0 Å². The lowest BCUT2D eigenvalue weighted by Crippen LogP contribution is -2.34. The Morgan fingerprint density at radius 2 is 2.06 bits per heavy atom. The van der Waals surface area contributed by atoms with E-state index in [1.807, 2.05) is 6.92 Å². The van der Waals surface area contributed by atoms with Gasteiger partial charge in [0, 0.05) is 12.0 Å². The molecule has 0 bridgehead atoms. The molecular weight excluding hydrogens is 202 g/mol. The summed E-state index contributed by atoms with van der Waals surface area (Å²) in [5, 5.41) is 12.8. The third-order valence-corrected chi connectivity index (χ3v) is 4.22. The minimum atomic E-state index is -0.137. The summed E-state index contributed by atoms with van der Waals surface area (Å²) in [6, 6.07) is 0. The Hall–Kier alpha value is -0.570. The first-order valence-corrected chi connectivity index (χ1v) is 6.58. The van der Waals surface area contributed by atoms with Gasteiger partial charge in [0.2, 0.25) is 5.91 Å². The Kier molecular flexibility index (Phi) is 3.53. The van der Waals surface area contributed by atoms with Crippen LogP contribution < -0.4 is 5.32 Å². The molecule has 2 aliphatic carbocycles. The SMILES string of the molecule is CC1(C(=O)NCCC2CCCCC2O)CC1. The first kappa shape index (κ1) is 11.9. The van der Waals surface area contributed by atoms with Crippen LogP contribution in [0.5, 0.6) is 0 Å². The summed E-state index contributed by atoms with van der Waals surface area (Å²) in [7, 11) is 0. The van der Waals surface area contributed by atoms with Crippen molar-refractivity contribution in [3.63, 3.8) is 0 Å². The van der Waals surface area contributed by atoms with Gasteiger partial charge in [-0.1, -0.05) is 19.8 Å². The second-order valence-electron chi connectivity index (χ2n) is 5.72. The molecule has 92 valence electrons. The average Bonchev–Trinajstić information content (AvgIpc) is 3.01. The summed E-state index contributed by atoms with van der Waals surface area (Å²) < 4.78 is 0. The van der Waals surface area contributed by atoms with Crippen LogP contribution in [-0.2, 0) is 4.79 Å². The van der Waals surface area contributed by atoms with Crippen molar-refractivity contribution in [2.75, 3.05) is 6.54 Å². The van der Waals surface area contributed by atoms with E-state index in [1.165, 1.54) is 6.42 Å². The number of aliphatic hydroxyl groups is 1. The van der Waals surface area contributed by atoms with Gasteiger partial charge in [-0.25, -0.2) is 0 Å². The molecule has 0 aromatic carbocycles. The molecule has 2 atom stereocenters. The summed E-state index contributed by atoms with van der Waals surface area (Å²) >= 11 is 0. The van der Waals surface area contributed by atoms with Crippen molar-refractivity contribution in [2.45, 2.75) is 58.0 Å². The highest BCUT2D eigenvalue weighted by molar-refractivity contribution is 5.84. The molecule has 2 unspecified atom stereocenters. The lowest BCUT2D eigenvalue weighted by atomic mass is 9.84. The molecule has 3 heteroatoms. The maximum Gasteiger partial charge on any atom is 0.225 e. The molecule has 0 spiro atoms. The lowest BCUT2D eigenvalue weighted by Gasteiger charge is -2.27. The second kappa shape index (κ2) is 4.74. The van der Waals surface area contributed by atoms with Gasteiger partial charge < -0.3 is 10.4 Å². The van der Waals surface area contributed by atoms with Crippen molar-refractivity contribution in [2.24, 2.45) is 11.3 Å². The van der Waals surface area contributed by atoms with Gasteiger partial charge >= 0.3 is 0 Å². The minimum absolute atomic E-state index is 0.0643. The molecular formula is C13H23NO2. The van der Waals surface area contributed by atoms with E-state index in [4.69, 9.17) is 0 Å². The number of carbonyl (C=O) groups is 1. The summed E-state index contributed by atoms with van der Waals surface area (Å²) in [6.07, 6.45) is 7.31. The first-order chi connectivity index (χ1) is 7.62. The Morgan fingerprint density at radius 3 is 2.69 bits per heavy atom. The van der Waals surface area contributed by atoms with Crippen LogP contribution in [0.2, 0.25) is 0 Å². The van der Waals surface area contributed by atoms with Crippen LogP contribution in [0, 0.1) is 11.3 Å². The van der Waals surface area contributed by atoms with Crippen LogP contribution in [0.3, 0.4) is 0 Å². The smallest absolute Gasteiger partial charge is 0.225 e. The number of nitrogens with one attached hydrogen (secondary N) is 1. The van der Waals surface area contributed by atoms with Crippen molar-refractivity contribution < 1.29 is 9.90 Å². The molecule has 0 heterocycles. The van der Waals surface area contributed by atoms with Gasteiger partial charge in [0.25, 0.3) is 0 Å². The van der Waals surface area contributed by atoms with Crippen LogP contribution in [0.25, 0.3) is 0 Å². The van der Waals surface area contributed by atoms with Crippen molar-refractivity contribution in [3.8, 4) is 0 Å². The quantitative estimate of drug-likeness (QED) is 0.767. The molecule has 0 aromatic rings. The van der Waals surface area contributed by atoms with Crippen molar-refractivity contribution in [1.82, 2.24) is 5.32 Å². The second-order valence-corrected chi connectivity index (χ2v) is 5.72. The Morgan fingerprint density at radius 1 is 1.38 bits per heavy atom. The van der Waals surface area contributed by atoms with E-state index >= 15 is 0 Å². The maximum atomic E-state index is 11.7. The molecule has 0 saturated heterocycles. The van der Waals surface area contributed by atoms with Gasteiger partial charge in [-0.15, -0.1) is 0 Å². The van der Waals surface area contributed by atoms with Crippen molar-refractivity contribution in [1.29, 1.82) is 0 Å². The van der Waals surface area contributed by atoms with Gasteiger partial charge in [0.05, 0.1) is 6.10 Å². The van der Waals surface area contributed by atoms with Crippen LogP contribution in [0.1, 0.15) is 51.9 Å². The fourth-order valence-electron chi connectivity index (χ4n) is 2.52. The highest BCUT2D eigenvalue weighted by atomic mass is 16.3. The first-order valence-electron chi connectivity index (χ1n) is 6.58. The topological polar surface area (TPSA) is 49.3 Å². The number of rotatable bonds is 4. The fraction of sp³-hybridized carbons (Fsp3) is 0.923. The number of carbonyl (C=O) groups excluding carboxylic acids is 1. The zero-order valence-corrected chi connectivity index (χ0v) is 10.2. The predicted octanol–water partition coefficient (Wildman–Crippen LogP) is 1.84. The molecule has 0 radical (unpaired) electrons. The summed E-state index contributed by atoms with van der Waals surface area (Å²) in [6.45, 7) is 2.76. The van der Waals surface area contributed by atoms with Crippen LogP contribution in [-0.4, -0.2) is 23.7 Å². The Labute approximate surface area is 97.6 Å². The van der Waals surface area contributed by atoms with Crippen molar-refractivity contribution >= 4 is 5.91 Å². The Bertz CT molecular complexity index is 261. The third kappa shape index (κ3) is 2.76. The average molecular weight is 225 g/mol. The van der Waals surface area contributed by atoms with E-state index in [-0.39, 0.29) is 17.4 Å². The molecule has 2 N–H and O–H groups in total. The van der Waals surface area contributed by atoms with Crippen LogP contribution in [0.4, 0.5) is 0 Å². The maximum absolute atomic E-state index is 11.7. The zero-order valence-electron chi connectivity index (χ0n) is 10.2. The number of amides is 1. The van der Waals surface area contributed by atoms with Gasteiger partial charge in [-0.3, -0.25) is 4.79 Å². The third-order valence-electron chi connectivity index (χ3n) is 4.22. The molecule has 1 amide bonds. The van der Waals surface area contributed by atoms with Crippen LogP contribution >= 0.6 is 0 Å². The van der Waals surface area contributed by atoms with E-state index in [0.29, 0.717) is 5.92 Å². The van der Waals surface area contributed by atoms with Gasteiger partial charge in [0.1, 0.15) is 0 Å². The van der Waals surface area contributed by atoms with Crippen molar-refractivity contribution in [3.05, 3.63) is 0 Å². The molecule has 0 aromatic heterocycles. The summed E-state index contributed by atoms with van der Waals surface area (Å²) in [4.78, 5) is 11.7. The van der Waals surface area contributed by atoms with E-state index in [1.54, 1.807) is 0 Å². The summed E-state index contributed by atoms with van der Waals surface area (Å²) in [5.41, 5.74) is -0.0643. The highest BCUT2D eigenvalue weighted by Gasteiger charge is 2.44. The molecule has 0 aliphatic heterocycles. The molecule has 2 aliphatic rings. The number of hydrogen-bond acceptors (Lipinski definition) is 2. The monoisotopic (exact) mass is 225 g/mol. The standard InChI is InChI=1S/C13H23NO2/c1-13(7-8-13)12(16)14-9-6-10-4-2-3-5-11(10)15/h10-11,15H,2-9H2,1H3,(H,14,16). The van der Waals surface area contributed by atoms with Crippen LogP contribution in [0.15, 0.2) is 0 Å². The molecule has 3 nitrogen and oxygen atoms in total. The van der Waals surface area contributed by atoms with Gasteiger partial charge in [-0.05, 0) is 38.0 Å². The van der Waals surface area contributed by atoms with Gasteiger partial charge in [-0.2, -0.15) is 0 Å². The molecule has 2 fully saturated rings. The molecule has 2 saturated carbocycles. The van der Waals surface area contributed by atoms with Gasteiger partial charge in [0.15, 0.2) is 0 Å². The largest absolute Gasteiger partial charge is 0.393 e. The van der Waals surface area contributed by atoms with E-state index in [9.17, 15) is 9.90 Å². The molecule has 2 rings (SSSR count). The Balaban J connectivity index is 1.65. The van der Waals surface area contributed by atoms with E-state index in [2.05, 4.69) is 5.32 Å². The summed E-state index contributed by atoms with van der Waals surface area (Å²) in [5.74, 6) is 0.610. The number of aliphatic hydroxyl groups excluding tert-OH is 1. The minimum Gasteiger partial charge on any atom is -0.393 e. The fourth-order valence-corrected chi connectivity index (χ4v) is 2.52. The molecule has 16 heavy (non-hydrogen) atoms. The zero-order chi connectivity index (χ0) is 11.6. The van der Waals surface area contributed by atoms with E-state index in [0.717, 1.165) is 45.1 Å². The normalized spacial score (nSPS) is 32.1. The predicted molar refractivity (Wildman–Crippen MR) is 62.9 cm³/mol. The number of hydrogen-bond donors (Lipinski definition) is 2.